The number of rotatable bonds is 7. The number of aromatic nitrogens is 3. The van der Waals surface area contributed by atoms with Crippen molar-refractivity contribution >= 4 is 29.6 Å². The van der Waals surface area contributed by atoms with Crippen LogP contribution >= 0.6 is 11.8 Å². The van der Waals surface area contributed by atoms with Gasteiger partial charge in [-0.25, -0.2) is 15.4 Å². The van der Waals surface area contributed by atoms with Crippen LogP contribution in [-0.4, -0.2) is 32.0 Å². The smallest absolute Gasteiger partial charge is 0.267 e. The number of nitrogens with zero attached hydrogens (tertiary/aromatic N) is 5. The molecule has 2 aromatic carbocycles. The van der Waals surface area contributed by atoms with Gasteiger partial charge in [-0.3, -0.25) is 19.9 Å². The van der Waals surface area contributed by atoms with Crippen LogP contribution in [0.1, 0.15) is 21.6 Å². The van der Waals surface area contributed by atoms with E-state index in [9.17, 15) is 28.1 Å². The summed E-state index contributed by atoms with van der Waals surface area (Å²) in [6.07, 6.45) is -0.724. The summed E-state index contributed by atoms with van der Waals surface area (Å²) in [6.45, 7) is 0. The van der Waals surface area contributed by atoms with Gasteiger partial charge >= 0.3 is 6.18 Å². The number of alkyl halides is 3. The third-order valence-electron chi connectivity index (χ3n) is 4.78. The molecule has 0 bridgehead atoms. The minimum atomic E-state index is -4.72. The van der Waals surface area contributed by atoms with Crippen LogP contribution in [0.5, 0.6) is 0 Å². The van der Waals surface area contributed by atoms with Crippen molar-refractivity contribution in [1.29, 1.82) is 0 Å². The molecule has 13 heteroatoms. The van der Waals surface area contributed by atoms with Crippen molar-refractivity contribution in [3.8, 4) is 11.3 Å². The van der Waals surface area contributed by atoms with Crippen molar-refractivity contribution in [2.45, 2.75) is 16.2 Å². The van der Waals surface area contributed by atoms with Crippen LogP contribution in [0.3, 0.4) is 0 Å². The van der Waals surface area contributed by atoms with Crippen LogP contribution in [0.25, 0.3) is 11.3 Å². The number of carbonyl (C=O) groups is 1. The third-order valence-corrected chi connectivity index (χ3v) is 5.74. The second-order valence-corrected chi connectivity index (χ2v) is 8.31. The van der Waals surface area contributed by atoms with Gasteiger partial charge in [-0.2, -0.15) is 18.3 Å². The van der Waals surface area contributed by atoms with E-state index >= 15 is 0 Å². The maximum Gasteiger partial charge on any atom is 0.433 e. The highest BCUT2D eigenvalue weighted by molar-refractivity contribution is 7.99. The normalized spacial score (nSPS) is 11.4. The molecule has 4 aromatic rings. The lowest BCUT2D eigenvalue weighted by Crippen LogP contribution is -2.17. The minimum absolute atomic E-state index is 0.0622. The fourth-order valence-corrected chi connectivity index (χ4v) is 3.89. The topological polar surface area (TPSA) is 123 Å². The zero-order chi connectivity index (χ0) is 26.4. The Morgan fingerprint density at radius 2 is 1.76 bits per heavy atom. The highest BCUT2D eigenvalue weighted by atomic mass is 32.2. The van der Waals surface area contributed by atoms with E-state index in [2.05, 4.69) is 25.5 Å². The quantitative estimate of drug-likeness (QED) is 0.149. The Bertz CT molecular complexity index is 1470. The molecule has 0 unspecified atom stereocenters. The van der Waals surface area contributed by atoms with E-state index in [4.69, 9.17) is 0 Å². The zero-order valence-electron chi connectivity index (χ0n) is 18.6. The number of pyridine rings is 1. The maximum atomic E-state index is 13.6. The van der Waals surface area contributed by atoms with Crippen LogP contribution in [0.15, 0.2) is 94.3 Å². The molecule has 0 radical (unpaired) electrons. The Morgan fingerprint density at radius 1 is 1.03 bits per heavy atom. The van der Waals surface area contributed by atoms with E-state index in [1.165, 1.54) is 42.7 Å². The van der Waals surface area contributed by atoms with E-state index < -0.39 is 22.7 Å². The van der Waals surface area contributed by atoms with Gasteiger partial charge in [0.05, 0.1) is 16.8 Å². The summed E-state index contributed by atoms with van der Waals surface area (Å²) < 4.78 is 40.7. The number of nitro benzene ring substituents is 1. The van der Waals surface area contributed by atoms with Gasteiger partial charge in [-0.1, -0.05) is 30.3 Å². The molecule has 0 aliphatic rings. The molecule has 0 aliphatic carbocycles. The molecule has 0 saturated carbocycles. The first-order chi connectivity index (χ1) is 17.7. The first-order valence-electron chi connectivity index (χ1n) is 10.4. The predicted octanol–water partition coefficient (Wildman–Crippen LogP) is 5.38. The summed E-state index contributed by atoms with van der Waals surface area (Å²) in [6, 6.07) is 15.8. The molecule has 0 atom stereocenters. The van der Waals surface area contributed by atoms with Gasteiger partial charge in [-0.05, 0) is 36.0 Å². The van der Waals surface area contributed by atoms with E-state index in [0.29, 0.717) is 5.56 Å². The molecular formula is C24H15F3N6O3S. The first kappa shape index (κ1) is 25.4. The molecular weight excluding hydrogens is 509 g/mol. The number of hydrogen-bond donors (Lipinski definition) is 1. The van der Waals surface area contributed by atoms with Crippen molar-refractivity contribution in [2.75, 3.05) is 0 Å². The number of nitrogens with one attached hydrogen (secondary N) is 1. The fourth-order valence-electron chi connectivity index (χ4n) is 3.04. The average Bonchev–Trinajstić information content (AvgIpc) is 2.89. The number of non-ortho nitro benzene ring substituents is 1. The first-order valence-corrected chi connectivity index (χ1v) is 11.2. The molecule has 0 spiro atoms. The number of carbonyl (C=O) groups excluding carboxylic acids is 1. The largest absolute Gasteiger partial charge is 0.433 e. The summed E-state index contributed by atoms with van der Waals surface area (Å²) in [7, 11) is 0. The second kappa shape index (κ2) is 11.0. The minimum Gasteiger partial charge on any atom is -0.267 e. The van der Waals surface area contributed by atoms with Crippen LogP contribution in [0, 0.1) is 10.1 Å². The molecule has 0 saturated heterocycles. The number of hydrazone groups is 1. The molecule has 0 fully saturated rings. The van der Waals surface area contributed by atoms with E-state index in [0.717, 1.165) is 24.0 Å². The summed E-state index contributed by atoms with van der Waals surface area (Å²) in [4.78, 5) is 34.8. The van der Waals surface area contributed by atoms with Crippen LogP contribution in [-0.2, 0) is 6.18 Å². The summed E-state index contributed by atoms with van der Waals surface area (Å²) >= 11 is 0.772. The molecule has 9 nitrogen and oxygen atoms in total. The molecule has 1 amide bonds. The zero-order valence-corrected chi connectivity index (χ0v) is 19.4. The lowest BCUT2D eigenvalue weighted by atomic mass is 10.1. The van der Waals surface area contributed by atoms with E-state index in [1.54, 1.807) is 30.3 Å². The van der Waals surface area contributed by atoms with Gasteiger partial charge in [0.25, 0.3) is 11.6 Å². The lowest BCUT2D eigenvalue weighted by Gasteiger charge is -2.11. The molecule has 186 valence electrons. The Kier molecular flexibility index (Phi) is 7.53. The Morgan fingerprint density at radius 3 is 2.43 bits per heavy atom. The summed E-state index contributed by atoms with van der Waals surface area (Å²) in [5, 5.41) is 14.9. The molecule has 4 rings (SSSR count). The third kappa shape index (κ3) is 6.52. The van der Waals surface area contributed by atoms with Crippen LogP contribution < -0.4 is 5.43 Å². The summed E-state index contributed by atoms with van der Waals surface area (Å²) in [5.74, 6) is -0.549. The molecule has 1 N–H and O–H groups in total. The van der Waals surface area contributed by atoms with Crippen molar-refractivity contribution in [1.82, 2.24) is 20.4 Å². The molecule has 2 heterocycles. The van der Waals surface area contributed by atoms with Crippen LogP contribution in [0.4, 0.5) is 18.9 Å². The van der Waals surface area contributed by atoms with Crippen LogP contribution in [0.2, 0.25) is 0 Å². The van der Waals surface area contributed by atoms with Gasteiger partial charge in [0.2, 0.25) is 0 Å². The van der Waals surface area contributed by atoms with Gasteiger partial charge in [-0.15, -0.1) is 0 Å². The number of halogens is 3. The van der Waals surface area contributed by atoms with Gasteiger partial charge in [0.15, 0.2) is 5.16 Å². The van der Waals surface area contributed by atoms with Crippen molar-refractivity contribution in [3.63, 3.8) is 0 Å². The van der Waals surface area contributed by atoms with Crippen molar-refractivity contribution < 1.29 is 22.9 Å². The number of nitro groups is 1. The second-order valence-electron chi connectivity index (χ2n) is 7.30. The van der Waals surface area contributed by atoms with E-state index in [-0.39, 0.29) is 32.6 Å². The Labute approximate surface area is 211 Å². The predicted molar refractivity (Wildman–Crippen MR) is 129 cm³/mol. The number of amides is 1. The van der Waals surface area contributed by atoms with Gasteiger partial charge in [0, 0.05) is 46.1 Å². The average molecular weight is 524 g/mol. The van der Waals surface area contributed by atoms with E-state index in [1.807, 2.05) is 0 Å². The standard InChI is InChI=1S/C24H15F3N6O3S/c25-24(26,27)21-13-19(15-4-2-1-3-5-15)30-23(31-21)37-20-7-6-18(33(35)36)12-17(20)14-29-32-22(34)16-8-10-28-11-9-16/h1-14H,(H,32,34)/b29-14+. The highest BCUT2D eigenvalue weighted by Crippen LogP contribution is 2.35. The van der Waals surface area contributed by atoms with Crippen molar-refractivity contribution in [3.05, 3.63) is 106 Å². The molecule has 0 aliphatic heterocycles. The number of benzene rings is 2. The van der Waals surface area contributed by atoms with Gasteiger partial charge in [0.1, 0.15) is 5.69 Å². The van der Waals surface area contributed by atoms with Crippen molar-refractivity contribution in [2.24, 2.45) is 5.10 Å². The van der Waals surface area contributed by atoms with Gasteiger partial charge < -0.3 is 0 Å². The molecule has 37 heavy (non-hydrogen) atoms. The SMILES string of the molecule is O=C(N/N=C/c1cc([N+](=O)[O-])ccc1Sc1nc(-c2ccccc2)cc(C(F)(F)F)n1)c1ccncc1. The fraction of sp³-hybridized carbons (Fsp3) is 0.0417. The monoisotopic (exact) mass is 524 g/mol. The lowest BCUT2D eigenvalue weighted by molar-refractivity contribution is -0.384. The number of hydrogen-bond acceptors (Lipinski definition) is 8. The maximum absolute atomic E-state index is 13.6. The molecule has 2 aromatic heterocycles. The Hall–Kier alpha value is -4.65. The Balaban J connectivity index is 1.68. The summed E-state index contributed by atoms with van der Waals surface area (Å²) in [5.41, 5.74) is 1.85. The highest BCUT2D eigenvalue weighted by Gasteiger charge is 2.34.